The summed E-state index contributed by atoms with van der Waals surface area (Å²) < 4.78 is 1.39. The van der Waals surface area contributed by atoms with E-state index in [2.05, 4.69) is 16.1 Å². The lowest BCUT2D eigenvalue weighted by Crippen LogP contribution is -2.32. The molecule has 2 aromatic rings. The molecule has 0 saturated heterocycles. The van der Waals surface area contributed by atoms with Gasteiger partial charge in [0.1, 0.15) is 0 Å². The van der Waals surface area contributed by atoms with Crippen molar-refractivity contribution in [3.05, 3.63) is 71.8 Å². The summed E-state index contributed by atoms with van der Waals surface area (Å²) >= 11 is 0. The molecule has 26 heavy (non-hydrogen) atoms. The molecule has 1 atom stereocenters. The maximum atomic E-state index is 7.17. The summed E-state index contributed by atoms with van der Waals surface area (Å²) in [6, 6.07) is 17.9. The van der Waals surface area contributed by atoms with Gasteiger partial charge >= 0.3 is 0 Å². The summed E-state index contributed by atoms with van der Waals surface area (Å²) in [5, 5.41) is 13.7. The Hall–Kier alpha value is -3.32. The van der Waals surface area contributed by atoms with Crippen molar-refractivity contribution >= 4 is 24.1 Å². The van der Waals surface area contributed by atoms with Crippen molar-refractivity contribution in [1.29, 1.82) is 5.41 Å². The molecule has 1 unspecified atom stereocenters. The fourth-order valence-electron chi connectivity index (χ4n) is 2.33. The molecule has 0 spiro atoms. The van der Waals surface area contributed by atoms with Gasteiger partial charge in [0.25, 0.3) is 0 Å². The van der Waals surface area contributed by atoms with Crippen molar-refractivity contribution in [2.75, 3.05) is 12.4 Å². The maximum absolute atomic E-state index is 7.17. The first kappa shape index (κ1) is 19.0. The van der Waals surface area contributed by atoms with Gasteiger partial charge in [-0.25, -0.2) is 0 Å². The second kappa shape index (κ2) is 9.85. The molecule has 0 saturated carbocycles. The smallest absolute Gasteiger partial charge is 0.238 e. The topological polar surface area (TPSA) is 115 Å². The van der Waals surface area contributed by atoms with Crippen molar-refractivity contribution in [3.8, 4) is 0 Å². The summed E-state index contributed by atoms with van der Waals surface area (Å²) in [7, 11) is 1.87. The molecule has 0 aliphatic carbocycles. The van der Waals surface area contributed by atoms with Crippen molar-refractivity contribution in [3.63, 3.8) is 0 Å². The van der Waals surface area contributed by atoms with E-state index in [-0.39, 0.29) is 6.17 Å². The van der Waals surface area contributed by atoms with E-state index >= 15 is 0 Å². The molecular formula is C19H26N7+. The highest BCUT2D eigenvalue weighted by Crippen LogP contribution is 2.13. The Morgan fingerprint density at radius 1 is 1.15 bits per heavy atom. The van der Waals surface area contributed by atoms with Crippen LogP contribution in [0.2, 0.25) is 0 Å². The highest BCUT2D eigenvalue weighted by molar-refractivity contribution is 5.63. The Balaban J connectivity index is 1.99. The molecule has 0 aliphatic heterocycles. The van der Waals surface area contributed by atoms with Gasteiger partial charge in [0.05, 0.1) is 12.7 Å². The predicted molar refractivity (Wildman–Crippen MR) is 108 cm³/mol. The van der Waals surface area contributed by atoms with Crippen LogP contribution in [0.1, 0.15) is 11.1 Å². The molecule has 2 rings (SSSR count). The molecule has 0 heterocycles. The van der Waals surface area contributed by atoms with Crippen LogP contribution in [0, 0.1) is 5.41 Å². The molecule has 136 valence electrons. The summed E-state index contributed by atoms with van der Waals surface area (Å²) in [5.74, 6) is 0. The van der Waals surface area contributed by atoms with E-state index in [4.69, 9.17) is 16.9 Å². The third-order valence-corrected chi connectivity index (χ3v) is 3.81. The van der Waals surface area contributed by atoms with Gasteiger partial charge in [-0.05, 0) is 36.4 Å². The van der Waals surface area contributed by atoms with Gasteiger partial charge in [-0.3, -0.25) is 10.7 Å². The van der Waals surface area contributed by atoms with Gasteiger partial charge < -0.3 is 16.8 Å². The van der Waals surface area contributed by atoms with E-state index in [1.165, 1.54) is 11.0 Å². The predicted octanol–water partition coefficient (Wildman–Crippen LogP) is 1.25. The van der Waals surface area contributed by atoms with Crippen molar-refractivity contribution in [1.82, 2.24) is 10.7 Å². The average molecular weight is 352 g/mol. The number of nitrogens with two attached hydrogens (primary N) is 2. The van der Waals surface area contributed by atoms with Gasteiger partial charge in [0.15, 0.2) is 0 Å². The number of hydrogen-bond donors (Lipinski definition) is 6. The Kier molecular flexibility index (Phi) is 7.20. The van der Waals surface area contributed by atoms with E-state index < -0.39 is 0 Å². The zero-order valence-electron chi connectivity index (χ0n) is 14.8. The first-order valence-corrected chi connectivity index (χ1v) is 8.29. The first-order chi connectivity index (χ1) is 12.7. The molecule has 7 heteroatoms. The van der Waals surface area contributed by atoms with Crippen molar-refractivity contribution < 1.29 is 4.68 Å². The Morgan fingerprint density at radius 3 is 2.42 bits per heavy atom. The SMILES string of the molecule is CNC(/C=C(\N)c1ccccc1)Nc1ccc(CN[N+](C=N)=CN)cc1. The van der Waals surface area contributed by atoms with Crippen LogP contribution in [-0.4, -0.2) is 30.6 Å². The lowest BCUT2D eigenvalue weighted by molar-refractivity contribution is -0.468. The fourth-order valence-corrected chi connectivity index (χ4v) is 2.33. The number of rotatable bonds is 9. The van der Waals surface area contributed by atoms with Gasteiger partial charge in [-0.2, -0.15) is 5.41 Å². The lowest BCUT2D eigenvalue weighted by Gasteiger charge is -2.17. The number of nitrogens with zero attached hydrogens (tertiary/aromatic N) is 1. The number of hydrogen-bond acceptors (Lipinski definition) is 5. The Labute approximate surface area is 153 Å². The summed E-state index contributed by atoms with van der Waals surface area (Å²) in [6.45, 7) is 0.569. The third kappa shape index (κ3) is 5.64. The monoisotopic (exact) mass is 352 g/mol. The van der Waals surface area contributed by atoms with Crippen molar-refractivity contribution in [2.24, 2.45) is 11.5 Å². The van der Waals surface area contributed by atoms with Crippen LogP contribution in [0.4, 0.5) is 5.69 Å². The van der Waals surface area contributed by atoms with Crippen LogP contribution in [0.3, 0.4) is 0 Å². The number of anilines is 1. The average Bonchev–Trinajstić information content (AvgIpc) is 2.70. The Bertz CT molecular complexity index is 751. The van der Waals surface area contributed by atoms with Gasteiger partial charge in [0, 0.05) is 11.4 Å². The summed E-state index contributed by atoms with van der Waals surface area (Å²) in [4.78, 5) is 0. The molecule has 0 radical (unpaired) electrons. The highest BCUT2D eigenvalue weighted by atomic mass is 15.4. The van der Waals surface area contributed by atoms with Crippen LogP contribution >= 0.6 is 0 Å². The van der Waals surface area contributed by atoms with Crippen LogP contribution in [-0.2, 0) is 6.54 Å². The standard InChI is InChI=1S/C19H25N7/c1-23-19(11-18(22)16-5-3-2-4-6-16)25-17-9-7-15(8-10-17)12-24-26(13-20)14-21/h2-11,13-14,19-21,23-25H,12,22H2,1H3/p+1/b18-11-,20-13?. The number of likely N-dealkylation sites (N-methyl/N-ethyl adjacent to an activating group) is 1. The molecule has 0 fully saturated rings. The molecule has 0 amide bonds. The molecule has 7 nitrogen and oxygen atoms in total. The van der Waals surface area contributed by atoms with Gasteiger partial charge in [-0.15, -0.1) is 4.68 Å². The molecular weight excluding hydrogens is 326 g/mol. The fraction of sp³-hybridized carbons (Fsp3) is 0.158. The van der Waals surface area contributed by atoms with Crippen LogP contribution in [0.5, 0.6) is 0 Å². The van der Waals surface area contributed by atoms with Crippen LogP contribution in [0.15, 0.2) is 60.7 Å². The van der Waals surface area contributed by atoms with Gasteiger partial charge in [0.2, 0.25) is 12.7 Å². The van der Waals surface area contributed by atoms with E-state index in [0.29, 0.717) is 12.2 Å². The minimum atomic E-state index is -0.0978. The second-order valence-corrected chi connectivity index (χ2v) is 5.62. The number of hydrazone groups is 1. The van der Waals surface area contributed by atoms with E-state index in [9.17, 15) is 0 Å². The van der Waals surface area contributed by atoms with E-state index in [1.807, 2.05) is 67.7 Å². The number of hydrazine groups is 1. The van der Waals surface area contributed by atoms with E-state index in [1.54, 1.807) is 0 Å². The lowest BCUT2D eigenvalue weighted by atomic mass is 10.1. The van der Waals surface area contributed by atoms with E-state index in [0.717, 1.165) is 23.2 Å². The maximum Gasteiger partial charge on any atom is 0.238 e. The first-order valence-electron chi connectivity index (χ1n) is 8.29. The molecule has 2 aromatic carbocycles. The second-order valence-electron chi connectivity index (χ2n) is 5.62. The highest BCUT2D eigenvalue weighted by Gasteiger charge is 2.05. The third-order valence-electron chi connectivity index (χ3n) is 3.81. The van der Waals surface area contributed by atoms with Crippen LogP contribution < -0.4 is 27.5 Å². The zero-order chi connectivity index (χ0) is 18.8. The Morgan fingerprint density at radius 2 is 1.85 bits per heavy atom. The number of benzene rings is 2. The molecule has 8 N–H and O–H groups in total. The quantitative estimate of drug-likeness (QED) is 0.134. The largest absolute Gasteiger partial charge is 0.398 e. The van der Waals surface area contributed by atoms with Crippen molar-refractivity contribution in [2.45, 2.75) is 12.7 Å². The minimum absolute atomic E-state index is 0.0978. The molecule has 0 bridgehead atoms. The summed E-state index contributed by atoms with van der Waals surface area (Å²) in [5.41, 5.74) is 18.3. The minimum Gasteiger partial charge on any atom is -0.398 e. The number of nitrogens with one attached hydrogen (secondary N) is 4. The molecule has 0 aromatic heterocycles. The molecule has 0 aliphatic rings. The zero-order valence-corrected chi connectivity index (χ0v) is 14.8. The van der Waals surface area contributed by atoms with Gasteiger partial charge in [-0.1, -0.05) is 42.5 Å². The van der Waals surface area contributed by atoms with Crippen LogP contribution in [0.25, 0.3) is 5.70 Å². The summed E-state index contributed by atoms with van der Waals surface area (Å²) in [6.07, 6.45) is 4.25. The normalized spacial score (nSPS) is 13.1.